The van der Waals surface area contributed by atoms with Crippen LogP contribution in [-0.2, 0) is 6.42 Å². The molecule has 1 aliphatic carbocycles. The average molecular weight is 234 g/mol. The minimum atomic E-state index is -0.376. The molecule has 4 heteroatoms. The van der Waals surface area contributed by atoms with Crippen LogP contribution in [-0.4, -0.2) is 21.4 Å². The first-order valence-corrected chi connectivity index (χ1v) is 5.93. The monoisotopic (exact) mass is 234 g/mol. The lowest BCUT2D eigenvalue weighted by atomic mass is 9.88. The third-order valence-electron chi connectivity index (χ3n) is 2.97. The molecule has 17 heavy (non-hydrogen) atoms. The number of aliphatic hydroxyl groups is 1. The van der Waals surface area contributed by atoms with E-state index in [2.05, 4.69) is 30.1 Å². The van der Waals surface area contributed by atoms with Crippen LogP contribution in [0.4, 0.5) is 0 Å². The van der Waals surface area contributed by atoms with E-state index in [1.54, 1.807) is 6.92 Å². The molecule has 1 aliphatic rings. The number of aliphatic hydroxyl groups excluding tert-OH is 1. The van der Waals surface area contributed by atoms with Gasteiger partial charge >= 0.3 is 0 Å². The van der Waals surface area contributed by atoms with Crippen LogP contribution in [0.5, 0.6) is 0 Å². The molecule has 0 fully saturated rings. The summed E-state index contributed by atoms with van der Waals surface area (Å²) in [6, 6.07) is 0. The van der Waals surface area contributed by atoms with E-state index in [0.717, 1.165) is 11.1 Å². The minimum absolute atomic E-state index is 0.376. The van der Waals surface area contributed by atoms with Gasteiger partial charge in [-0.2, -0.15) is 4.98 Å². The molecule has 1 atom stereocenters. The van der Waals surface area contributed by atoms with Crippen molar-refractivity contribution in [2.75, 3.05) is 0 Å². The fourth-order valence-electron chi connectivity index (χ4n) is 2.07. The molecule has 1 unspecified atom stereocenters. The number of aryl methyl sites for hydroxylation is 1. The number of allylic oxidation sites excluding steroid dienone is 2. The molecular formula is C13H18N2O2. The Labute approximate surface area is 101 Å². The Kier molecular flexibility index (Phi) is 3.43. The molecule has 2 rings (SSSR count). The maximum absolute atomic E-state index is 10.0. The van der Waals surface area contributed by atoms with Crippen LogP contribution in [0.15, 0.2) is 27.8 Å². The van der Waals surface area contributed by atoms with Crippen molar-refractivity contribution in [1.82, 2.24) is 10.1 Å². The van der Waals surface area contributed by atoms with Crippen molar-refractivity contribution in [2.24, 2.45) is 5.92 Å². The van der Waals surface area contributed by atoms with E-state index in [-0.39, 0.29) is 6.10 Å². The number of aromatic nitrogens is 2. The van der Waals surface area contributed by atoms with E-state index >= 15 is 0 Å². The number of hydrogen-bond donors (Lipinski definition) is 1. The average Bonchev–Trinajstić information content (AvgIpc) is 2.63. The minimum Gasteiger partial charge on any atom is -0.388 e. The summed E-state index contributed by atoms with van der Waals surface area (Å²) in [6.07, 6.45) is 4.98. The molecule has 0 amide bonds. The lowest BCUT2D eigenvalue weighted by Crippen LogP contribution is -2.18. The van der Waals surface area contributed by atoms with Gasteiger partial charge < -0.3 is 9.63 Å². The first-order chi connectivity index (χ1) is 8.06. The molecule has 92 valence electrons. The molecule has 1 aromatic rings. The Balaban J connectivity index is 2.09. The molecule has 0 aromatic carbocycles. The molecule has 4 nitrogen and oxygen atoms in total. The highest BCUT2D eigenvalue weighted by Gasteiger charge is 2.20. The molecule has 0 saturated carbocycles. The summed E-state index contributed by atoms with van der Waals surface area (Å²) in [4.78, 5) is 4.16. The first kappa shape index (κ1) is 12.0. The van der Waals surface area contributed by atoms with Gasteiger partial charge in [0.1, 0.15) is 0 Å². The van der Waals surface area contributed by atoms with Crippen molar-refractivity contribution in [3.8, 4) is 0 Å². The Morgan fingerprint density at radius 2 is 2.24 bits per heavy atom. The van der Waals surface area contributed by atoms with Gasteiger partial charge in [-0.1, -0.05) is 36.7 Å². The SMILES string of the molecule is Cc1noc(CC2=CC=C(C(C)C)C(O)C2)n1. The van der Waals surface area contributed by atoms with E-state index in [1.165, 1.54) is 0 Å². The standard InChI is InChI=1S/C13H18N2O2/c1-8(2)11-5-4-10(6-12(11)16)7-13-14-9(3)15-17-13/h4-5,8,12,16H,6-7H2,1-3H3. The summed E-state index contributed by atoms with van der Waals surface area (Å²) in [6.45, 7) is 5.98. The fourth-order valence-corrected chi connectivity index (χ4v) is 2.07. The number of hydrogen-bond acceptors (Lipinski definition) is 4. The highest BCUT2D eigenvalue weighted by molar-refractivity contribution is 5.29. The van der Waals surface area contributed by atoms with E-state index in [1.807, 2.05) is 6.08 Å². The molecule has 0 saturated heterocycles. The molecule has 1 N–H and O–H groups in total. The zero-order valence-electron chi connectivity index (χ0n) is 10.5. The van der Waals surface area contributed by atoms with Gasteiger partial charge in [-0.25, -0.2) is 0 Å². The Morgan fingerprint density at radius 3 is 2.76 bits per heavy atom. The predicted molar refractivity (Wildman–Crippen MR) is 64.4 cm³/mol. The third-order valence-corrected chi connectivity index (χ3v) is 2.97. The number of nitrogens with zero attached hydrogens (tertiary/aromatic N) is 2. The van der Waals surface area contributed by atoms with Crippen LogP contribution in [0.1, 0.15) is 32.0 Å². The van der Waals surface area contributed by atoms with Gasteiger partial charge in [-0.3, -0.25) is 0 Å². The van der Waals surface area contributed by atoms with Crippen molar-refractivity contribution in [2.45, 2.75) is 39.7 Å². The first-order valence-electron chi connectivity index (χ1n) is 5.93. The van der Waals surface area contributed by atoms with Crippen molar-refractivity contribution >= 4 is 0 Å². The smallest absolute Gasteiger partial charge is 0.230 e. The highest BCUT2D eigenvalue weighted by atomic mass is 16.5. The summed E-state index contributed by atoms with van der Waals surface area (Å²) in [5.74, 6) is 1.64. The van der Waals surface area contributed by atoms with Gasteiger partial charge in [0.2, 0.25) is 5.89 Å². The second kappa shape index (κ2) is 4.84. The molecular weight excluding hydrogens is 216 g/mol. The fraction of sp³-hybridized carbons (Fsp3) is 0.538. The predicted octanol–water partition coefficient (Wildman–Crippen LogP) is 2.19. The second-order valence-corrected chi connectivity index (χ2v) is 4.78. The Morgan fingerprint density at radius 1 is 1.47 bits per heavy atom. The second-order valence-electron chi connectivity index (χ2n) is 4.78. The van der Waals surface area contributed by atoms with E-state index in [0.29, 0.717) is 30.5 Å². The van der Waals surface area contributed by atoms with Gasteiger partial charge in [-0.05, 0) is 24.8 Å². The lowest BCUT2D eigenvalue weighted by molar-refractivity contribution is 0.197. The van der Waals surface area contributed by atoms with Crippen LogP contribution >= 0.6 is 0 Å². The quantitative estimate of drug-likeness (QED) is 0.871. The van der Waals surface area contributed by atoms with E-state index in [4.69, 9.17) is 4.52 Å². The molecule has 0 radical (unpaired) electrons. The molecule has 0 spiro atoms. The maximum atomic E-state index is 10.0. The summed E-state index contributed by atoms with van der Waals surface area (Å²) in [5.41, 5.74) is 2.22. The normalized spacial score (nSPS) is 20.4. The van der Waals surface area contributed by atoms with Crippen LogP contribution in [0, 0.1) is 12.8 Å². The maximum Gasteiger partial charge on any atom is 0.230 e. The van der Waals surface area contributed by atoms with Crippen LogP contribution < -0.4 is 0 Å². The summed E-state index contributed by atoms with van der Waals surface area (Å²) in [7, 11) is 0. The van der Waals surface area contributed by atoms with Crippen LogP contribution in [0.25, 0.3) is 0 Å². The largest absolute Gasteiger partial charge is 0.388 e. The van der Waals surface area contributed by atoms with Crippen LogP contribution in [0.3, 0.4) is 0 Å². The summed E-state index contributed by atoms with van der Waals surface area (Å²) >= 11 is 0. The Bertz CT molecular complexity index is 458. The van der Waals surface area contributed by atoms with Gasteiger partial charge in [0.05, 0.1) is 6.10 Å². The highest BCUT2D eigenvalue weighted by Crippen LogP contribution is 2.26. The number of rotatable bonds is 3. The van der Waals surface area contributed by atoms with E-state index < -0.39 is 0 Å². The molecule has 0 aliphatic heterocycles. The van der Waals surface area contributed by atoms with Crippen molar-refractivity contribution in [1.29, 1.82) is 0 Å². The molecule has 1 aromatic heterocycles. The third kappa shape index (κ3) is 2.82. The van der Waals surface area contributed by atoms with E-state index in [9.17, 15) is 5.11 Å². The van der Waals surface area contributed by atoms with Gasteiger partial charge in [-0.15, -0.1) is 0 Å². The summed E-state index contributed by atoms with van der Waals surface area (Å²) in [5, 5.41) is 13.8. The van der Waals surface area contributed by atoms with Gasteiger partial charge in [0.15, 0.2) is 5.82 Å². The van der Waals surface area contributed by atoms with Crippen molar-refractivity contribution < 1.29 is 9.63 Å². The Hall–Kier alpha value is -1.42. The van der Waals surface area contributed by atoms with Gasteiger partial charge in [0, 0.05) is 6.42 Å². The van der Waals surface area contributed by atoms with Crippen LogP contribution in [0.2, 0.25) is 0 Å². The van der Waals surface area contributed by atoms with Crippen molar-refractivity contribution in [3.05, 3.63) is 35.0 Å². The zero-order chi connectivity index (χ0) is 12.4. The zero-order valence-corrected chi connectivity index (χ0v) is 10.5. The topological polar surface area (TPSA) is 59.2 Å². The van der Waals surface area contributed by atoms with Crippen molar-refractivity contribution in [3.63, 3.8) is 0 Å². The lowest BCUT2D eigenvalue weighted by Gasteiger charge is -2.22. The van der Waals surface area contributed by atoms with Gasteiger partial charge in [0.25, 0.3) is 0 Å². The molecule has 1 heterocycles. The summed E-state index contributed by atoms with van der Waals surface area (Å²) < 4.78 is 5.07. The molecule has 0 bridgehead atoms.